The van der Waals surface area contributed by atoms with Crippen LogP contribution in [0.5, 0.6) is 0 Å². The van der Waals surface area contributed by atoms with Crippen LogP contribution in [-0.2, 0) is 17.8 Å². The number of hydrogen-bond acceptors (Lipinski definition) is 2. The van der Waals surface area contributed by atoms with Gasteiger partial charge in [-0.2, -0.15) is 0 Å². The molecule has 3 rings (SSSR count). The lowest BCUT2D eigenvalue weighted by Gasteiger charge is -2.12. The Morgan fingerprint density at radius 1 is 1.18 bits per heavy atom. The molecule has 0 spiro atoms. The van der Waals surface area contributed by atoms with Crippen LogP contribution in [-0.4, -0.2) is 22.0 Å². The molecule has 1 N–H and O–H groups in total. The maximum absolute atomic E-state index is 14.3. The van der Waals surface area contributed by atoms with Crippen molar-refractivity contribution in [3.05, 3.63) is 77.3 Å². The van der Waals surface area contributed by atoms with E-state index in [4.69, 9.17) is 16.6 Å². The smallest absolute Gasteiger partial charge is 0.243 e. The fraction of sp³-hybridized carbons (Fsp3) is 0.273. The molecule has 1 heterocycles. The molecule has 0 saturated heterocycles. The third kappa shape index (κ3) is 4.78. The van der Waals surface area contributed by atoms with Gasteiger partial charge in [-0.15, -0.1) is 0 Å². The zero-order valence-electron chi connectivity index (χ0n) is 15.6. The van der Waals surface area contributed by atoms with Crippen molar-refractivity contribution < 1.29 is 9.18 Å². The van der Waals surface area contributed by atoms with Gasteiger partial charge in [-0.05, 0) is 43.2 Å². The molecule has 2 aromatic carbocycles. The first kappa shape index (κ1) is 20.1. The van der Waals surface area contributed by atoms with Gasteiger partial charge >= 0.3 is 0 Å². The molecule has 1 aromatic heterocycles. The molecule has 0 aliphatic carbocycles. The summed E-state index contributed by atoms with van der Waals surface area (Å²) in [6, 6.07) is 12.6. The first-order valence-corrected chi connectivity index (χ1v) is 9.75. The van der Waals surface area contributed by atoms with E-state index in [0.717, 1.165) is 42.5 Å². The molecular weight excluding hydrogens is 377 g/mol. The van der Waals surface area contributed by atoms with Crippen LogP contribution < -0.4 is 5.32 Å². The van der Waals surface area contributed by atoms with Crippen molar-refractivity contribution in [1.82, 2.24) is 14.9 Å². The van der Waals surface area contributed by atoms with E-state index in [0.29, 0.717) is 23.7 Å². The van der Waals surface area contributed by atoms with Crippen LogP contribution in [0.1, 0.15) is 30.7 Å². The normalized spacial score (nSPS) is 10.9. The van der Waals surface area contributed by atoms with Gasteiger partial charge in [0.25, 0.3) is 0 Å². The van der Waals surface area contributed by atoms with Crippen molar-refractivity contribution in [1.29, 1.82) is 0 Å². The predicted octanol–water partition coefficient (Wildman–Crippen LogP) is 4.89. The summed E-state index contributed by atoms with van der Waals surface area (Å²) in [5.74, 6) is 0.452. The first-order valence-electron chi connectivity index (χ1n) is 9.37. The van der Waals surface area contributed by atoms with Gasteiger partial charge < -0.3 is 9.88 Å². The van der Waals surface area contributed by atoms with E-state index in [1.165, 1.54) is 12.1 Å². The molecular formula is C22H23ClFN3O. The molecule has 146 valence electrons. The summed E-state index contributed by atoms with van der Waals surface area (Å²) in [4.78, 5) is 15.9. The highest BCUT2D eigenvalue weighted by molar-refractivity contribution is 6.31. The van der Waals surface area contributed by atoms with Crippen molar-refractivity contribution >= 4 is 28.5 Å². The highest BCUT2D eigenvalue weighted by atomic mass is 35.5. The van der Waals surface area contributed by atoms with Crippen molar-refractivity contribution in [2.75, 3.05) is 6.54 Å². The third-order valence-corrected chi connectivity index (χ3v) is 5.03. The molecule has 1 amide bonds. The second-order valence-electron chi connectivity index (χ2n) is 6.61. The Balaban J connectivity index is 1.72. The molecule has 0 radical (unpaired) electrons. The van der Waals surface area contributed by atoms with E-state index in [2.05, 4.69) is 11.9 Å². The average molecular weight is 400 g/mol. The number of carbonyl (C=O) groups excluding carboxylic acids is 1. The minimum atomic E-state index is -0.311. The maximum Gasteiger partial charge on any atom is 0.243 e. The number of fused-ring (bicyclic) bond motifs is 1. The summed E-state index contributed by atoms with van der Waals surface area (Å²) in [5, 5.41) is 3.19. The largest absolute Gasteiger partial charge is 0.353 e. The van der Waals surface area contributed by atoms with Crippen LogP contribution in [0.2, 0.25) is 5.02 Å². The van der Waals surface area contributed by atoms with Crippen LogP contribution in [0.15, 0.2) is 55.1 Å². The summed E-state index contributed by atoms with van der Waals surface area (Å²) >= 11 is 6.23. The Hall–Kier alpha value is -2.66. The first-order chi connectivity index (χ1) is 13.6. The number of nitrogens with zero attached hydrogens (tertiary/aromatic N) is 2. The minimum absolute atomic E-state index is 0.149. The van der Waals surface area contributed by atoms with Crippen molar-refractivity contribution in [3.8, 4) is 0 Å². The lowest BCUT2D eigenvalue weighted by Crippen LogP contribution is -2.21. The van der Waals surface area contributed by atoms with Crippen LogP contribution in [0.25, 0.3) is 11.0 Å². The van der Waals surface area contributed by atoms with Gasteiger partial charge in [0.15, 0.2) is 0 Å². The molecule has 6 heteroatoms. The third-order valence-electron chi connectivity index (χ3n) is 4.67. The van der Waals surface area contributed by atoms with Gasteiger partial charge in [0, 0.05) is 23.6 Å². The van der Waals surface area contributed by atoms with Gasteiger partial charge in [-0.25, -0.2) is 9.37 Å². The van der Waals surface area contributed by atoms with Gasteiger partial charge in [-0.1, -0.05) is 42.8 Å². The summed E-state index contributed by atoms with van der Waals surface area (Å²) in [6.45, 7) is 4.41. The molecule has 0 bridgehead atoms. The highest BCUT2D eigenvalue weighted by Gasteiger charge is 2.14. The Morgan fingerprint density at radius 3 is 2.79 bits per heavy atom. The van der Waals surface area contributed by atoms with E-state index in [1.54, 1.807) is 12.1 Å². The number of aromatic nitrogens is 2. The lowest BCUT2D eigenvalue weighted by molar-refractivity contribution is -0.116. The van der Waals surface area contributed by atoms with E-state index in [9.17, 15) is 9.18 Å². The van der Waals surface area contributed by atoms with Crippen LogP contribution in [0.4, 0.5) is 4.39 Å². The molecule has 28 heavy (non-hydrogen) atoms. The van der Waals surface area contributed by atoms with E-state index >= 15 is 0 Å². The van der Waals surface area contributed by atoms with Crippen LogP contribution in [0, 0.1) is 5.82 Å². The number of aryl methyl sites for hydroxylation is 1. The minimum Gasteiger partial charge on any atom is -0.353 e. The number of para-hydroxylation sites is 2. The standard InChI is InChI=1S/C22H23ClFN3O/c1-2-22(28)25-14-7-3-4-13-21-26-19-11-5-6-12-20(19)27(21)15-16-17(23)9-8-10-18(16)24/h2,5-6,8-12H,1,3-4,7,13-15H2,(H,25,28). The molecule has 0 aliphatic rings. The van der Waals surface area contributed by atoms with Crippen LogP contribution in [0.3, 0.4) is 0 Å². The fourth-order valence-corrected chi connectivity index (χ4v) is 3.43. The number of nitrogens with one attached hydrogen (secondary N) is 1. The summed E-state index contributed by atoms with van der Waals surface area (Å²) in [5.41, 5.74) is 2.33. The molecule has 0 fully saturated rings. The zero-order valence-corrected chi connectivity index (χ0v) is 16.4. The number of benzene rings is 2. The Bertz CT molecular complexity index is 963. The quantitative estimate of drug-likeness (QED) is 0.411. The van der Waals surface area contributed by atoms with Crippen molar-refractivity contribution in [2.24, 2.45) is 0 Å². The van der Waals surface area contributed by atoms with Gasteiger partial charge in [0.2, 0.25) is 5.91 Å². The number of halogens is 2. The Labute approximate surface area is 169 Å². The van der Waals surface area contributed by atoms with Gasteiger partial charge in [0.1, 0.15) is 11.6 Å². The van der Waals surface area contributed by atoms with E-state index < -0.39 is 0 Å². The molecule has 0 saturated carbocycles. The fourth-order valence-electron chi connectivity index (χ4n) is 3.20. The van der Waals surface area contributed by atoms with Crippen molar-refractivity contribution in [2.45, 2.75) is 32.2 Å². The summed E-state index contributed by atoms with van der Waals surface area (Å²) in [6.07, 6.45) is 4.82. The monoisotopic (exact) mass is 399 g/mol. The lowest BCUT2D eigenvalue weighted by atomic mass is 10.1. The van der Waals surface area contributed by atoms with Gasteiger partial charge in [-0.3, -0.25) is 4.79 Å². The number of imidazole rings is 1. The van der Waals surface area contributed by atoms with E-state index in [-0.39, 0.29) is 11.7 Å². The molecule has 4 nitrogen and oxygen atoms in total. The highest BCUT2D eigenvalue weighted by Crippen LogP contribution is 2.24. The topological polar surface area (TPSA) is 46.9 Å². The number of carbonyl (C=O) groups is 1. The Kier molecular flexibility index (Phi) is 6.82. The van der Waals surface area contributed by atoms with Crippen molar-refractivity contribution in [3.63, 3.8) is 0 Å². The molecule has 0 atom stereocenters. The maximum atomic E-state index is 14.3. The number of amides is 1. The summed E-state index contributed by atoms with van der Waals surface area (Å²) in [7, 11) is 0. The molecule has 0 aliphatic heterocycles. The second kappa shape index (κ2) is 9.51. The number of rotatable bonds is 9. The predicted molar refractivity (Wildman–Crippen MR) is 111 cm³/mol. The van der Waals surface area contributed by atoms with E-state index in [1.807, 2.05) is 28.8 Å². The van der Waals surface area contributed by atoms with Crippen LogP contribution >= 0.6 is 11.6 Å². The number of unbranched alkanes of at least 4 members (excludes halogenated alkanes) is 2. The Morgan fingerprint density at radius 2 is 2.00 bits per heavy atom. The molecule has 0 unspecified atom stereocenters. The van der Waals surface area contributed by atoms with Gasteiger partial charge in [0.05, 0.1) is 17.6 Å². The zero-order chi connectivity index (χ0) is 19.9. The molecule has 3 aromatic rings. The SMILES string of the molecule is C=CC(=O)NCCCCCc1nc2ccccc2n1Cc1c(F)cccc1Cl. The number of hydrogen-bond donors (Lipinski definition) is 1. The average Bonchev–Trinajstić information content (AvgIpc) is 3.04. The second-order valence-corrected chi connectivity index (χ2v) is 7.02. The summed E-state index contributed by atoms with van der Waals surface area (Å²) < 4.78 is 16.3.